The summed E-state index contributed by atoms with van der Waals surface area (Å²) in [5.41, 5.74) is 1.69. The molecule has 2 nitrogen and oxygen atoms in total. The number of hydrogen-bond donors (Lipinski definition) is 1. The van der Waals surface area contributed by atoms with Crippen LogP contribution in [0.1, 0.15) is 19.3 Å². The summed E-state index contributed by atoms with van der Waals surface area (Å²) in [6.07, 6.45) is 4.23. The summed E-state index contributed by atoms with van der Waals surface area (Å²) in [5, 5.41) is 4.09. The molecule has 0 radical (unpaired) electrons. The molecule has 2 rings (SSSR count). The maximum Gasteiger partial charge on any atom is 0.160 e. The third-order valence-electron chi connectivity index (χ3n) is 2.54. The van der Waals surface area contributed by atoms with Gasteiger partial charge in [-0.25, -0.2) is 0 Å². The minimum Gasteiger partial charge on any atom is -0.361 e. The minimum atomic E-state index is 0.229. The molecule has 1 N–H and O–H groups in total. The predicted octanol–water partition coefficient (Wildman–Crippen LogP) is 4.04. The molecule has 1 fully saturated rings. The van der Waals surface area contributed by atoms with Gasteiger partial charge in [0.25, 0.3) is 0 Å². The number of ketones is 1. The third-order valence-corrected chi connectivity index (χ3v) is 3.28. The number of rotatable bonds is 2. The Morgan fingerprint density at radius 2 is 2.00 bits per heavy atom. The van der Waals surface area contributed by atoms with Gasteiger partial charge >= 0.3 is 0 Å². The minimum absolute atomic E-state index is 0.229. The van der Waals surface area contributed by atoms with Gasteiger partial charge in [-0.3, -0.25) is 4.79 Å². The lowest BCUT2D eigenvalue weighted by atomic mass is 10.2. The van der Waals surface area contributed by atoms with E-state index in [1.54, 1.807) is 18.3 Å². The van der Waals surface area contributed by atoms with Crippen LogP contribution in [0.4, 0.5) is 5.69 Å². The van der Waals surface area contributed by atoms with Gasteiger partial charge in [0.15, 0.2) is 5.78 Å². The van der Waals surface area contributed by atoms with Gasteiger partial charge in [0.2, 0.25) is 0 Å². The molecule has 84 valence electrons. The molecule has 1 aliphatic rings. The summed E-state index contributed by atoms with van der Waals surface area (Å²) >= 11 is 11.7. The van der Waals surface area contributed by atoms with E-state index < -0.39 is 0 Å². The van der Waals surface area contributed by atoms with Crippen LogP contribution in [0.25, 0.3) is 0 Å². The average Bonchev–Trinajstić information content (AvgIpc) is 2.66. The number of halogens is 2. The fourth-order valence-electron chi connectivity index (χ4n) is 1.65. The Kier molecular flexibility index (Phi) is 3.52. The van der Waals surface area contributed by atoms with Crippen LogP contribution in [0.2, 0.25) is 10.0 Å². The first-order valence-corrected chi connectivity index (χ1v) is 5.86. The monoisotopic (exact) mass is 255 g/mol. The topological polar surface area (TPSA) is 29.1 Å². The highest BCUT2D eigenvalue weighted by Gasteiger charge is 2.16. The number of hydrogen-bond acceptors (Lipinski definition) is 2. The van der Waals surface area contributed by atoms with E-state index in [0.29, 0.717) is 16.5 Å². The van der Waals surface area contributed by atoms with Crippen LogP contribution in [0.5, 0.6) is 0 Å². The molecular formula is C12H11Cl2NO. The van der Waals surface area contributed by atoms with E-state index in [1.165, 1.54) is 0 Å². The Labute approximate surface area is 104 Å². The van der Waals surface area contributed by atoms with Crippen LogP contribution in [-0.4, -0.2) is 5.78 Å². The average molecular weight is 256 g/mol. The lowest BCUT2D eigenvalue weighted by molar-refractivity contribution is -0.114. The number of Topliss-reactive ketones (excluding diaryl/α,β-unsaturated/α-hetero) is 1. The van der Waals surface area contributed by atoms with Crippen molar-refractivity contribution in [2.24, 2.45) is 0 Å². The van der Waals surface area contributed by atoms with Crippen LogP contribution >= 0.6 is 23.2 Å². The number of anilines is 1. The van der Waals surface area contributed by atoms with Gasteiger partial charge in [-0.05, 0) is 31.0 Å². The van der Waals surface area contributed by atoms with Gasteiger partial charge in [0, 0.05) is 23.9 Å². The molecule has 0 bridgehead atoms. The smallest absolute Gasteiger partial charge is 0.160 e. The summed E-state index contributed by atoms with van der Waals surface area (Å²) < 4.78 is 0. The van der Waals surface area contributed by atoms with E-state index in [2.05, 4.69) is 5.32 Å². The molecule has 1 saturated carbocycles. The molecular weight excluding hydrogens is 245 g/mol. The fourth-order valence-corrected chi connectivity index (χ4v) is 1.95. The SMILES string of the molecule is O=C1CCC/C1=C/Nc1ccc(Cl)c(Cl)c1. The molecule has 0 amide bonds. The van der Waals surface area contributed by atoms with Crippen LogP contribution in [-0.2, 0) is 4.79 Å². The predicted molar refractivity (Wildman–Crippen MR) is 67.0 cm³/mol. The molecule has 4 heteroatoms. The third kappa shape index (κ3) is 2.57. The normalized spacial score (nSPS) is 18.1. The van der Waals surface area contributed by atoms with Crippen molar-refractivity contribution < 1.29 is 4.79 Å². The number of nitrogens with one attached hydrogen (secondary N) is 1. The molecule has 0 unspecified atom stereocenters. The van der Waals surface area contributed by atoms with Crippen molar-refractivity contribution in [3.63, 3.8) is 0 Å². The molecule has 0 spiro atoms. The quantitative estimate of drug-likeness (QED) is 0.809. The summed E-state index contributed by atoms with van der Waals surface area (Å²) in [7, 11) is 0. The lowest BCUT2D eigenvalue weighted by Gasteiger charge is -2.03. The Morgan fingerprint density at radius 3 is 2.62 bits per heavy atom. The van der Waals surface area contributed by atoms with E-state index in [-0.39, 0.29) is 5.78 Å². The van der Waals surface area contributed by atoms with Crippen molar-refractivity contribution in [2.75, 3.05) is 5.32 Å². The summed E-state index contributed by atoms with van der Waals surface area (Å²) in [6, 6.07) is 5.28. The fraction of sp³-hybridized carbons (Fsp3) is 0.250. The molecule has 1 aromatic carbocycles. The Morgan fingerprint density at radius 1 is 1.19 bits per heavy atom. The zero-order valence-electron chi connectivity index (χ0n) is 8.59. The second kappa shape index (κ2) is 4.89. The van der Waals surface area contributed by atoms with Crippen molar-refractivity contribution in [1.82, 2.24) is 0 Å². The molecule has 0 heterocycles. The largest absolute Gasteiger partial charge is 0.361 e. The lowest BCUT2D eigenvalue weighted by Crippen LogP contribution is -1.96. The van der Waals surface area contributed by atoms with E-state index in [1.807, 2.05) is 6.07 Å². The van der Waals surface area contributed by atoms with E-state index >= 15 is 0 Å². The van der Waals surface area contributed by atoms with Crippen LogP contribution in [0.3, 0.4) is 0 Å². The highest BCUT2D eigenvalue weighted by molar-refractivity contribution is 6.42. The van der Waals surface area contributed by atoms with Crippen LogP contribution < -0.4 is 5.32 Å². The zero-order chi connectivity index (χ0) is 11.5. The number of allylic oxidation sites excluding steroid dienone is 1. The molecule has 0 atom stereocenters. The van der Waals surface area contributed by atoms with Gasteiger partial charge in [-0.1, -0.05) is 23.2 Å². The van der Waals surface area contributed by atoms with Crippen molar-refractivity contribution in [3.05, 3.63) is 40.0 Å². The van der Waals surface area contributed by atoms with Gasteiger partial charge in [0.05, 0.1) is 10.0 Å². The summed E-state index contributed by atoms with van der Waals surface area (Å²) in [6.45, 7) is 0. The van der Waals surface area contributed by atoms with Crippen LogP contribution in [0, 0.1) is 0 Å². The Bertz CT molecular complexity index is 454. The Balaban J connectivity index is 2.09. The zero-order valence-corrected chi connectivity index (χ0v) is 10.1. The van der Waals surface area contributed by atoms with E-state index in [9.17, 15) is 4.79 Å². The second-order valence-electron chi connectivity index (χ2n) is 3.72. The number of benzene rings is 1. The van der Waals surface area contributed by atoms with Gasteiger partial charge < -0.3 is 5.32 Å². The Hall–Kier alpha value is -0.990. The van der Waals surface area contributed by atoms with Crippen molar-refractivity contribution >= 4 is 34.7 Å². The molecule has 1 aliphatic carbocycles. The standard InChI is InChI=1S/C12H11Cl2NO/c13-10-5-4-9(6-11(10)14)15-7-8-2-1-3-12(8)16/h4-7,15H,1-3H2/b8-7-. The van der Waals surface area contributed by atoms with Crippen molar-refractivity contribution in [2.45, 2.75) is 19.3 Å². The van der Waals surface area contributed by atoms with E-state index in [0.717, 1.165) is 24.1 Å². The van der Waals surface area contributed by atoms with E-state index in [4.69, 9.17) is 23.2 Å². The summed E-state index contributed by atoms with van der Waals surface area (Å²) in [4.78, 5) is 11.4. The van der Waals surface area contributed by atoms with Gasteiger partial charge in [0.1, 0.15) is 0 Å². The first-order chi connectivity index (χ1) is 7.66. The summed E-state index contributed by atoms with van der Waals surface area (Å²) in [5.74, 6) is 0.229. The molecule has 0 aliphatic heterocycles. The maximum absolute atomic E-state index is 11.4. The highest BCUT2D eigenvalue weighted by atomic mass is 35.5. The highest BCUT2D eigenvalue weighted by Crippen LogP contribution is 2.26. The number of carbonyl (C=O) groups is 1. The van der Waals surface area contributed by atoms with Crippen molar-refractivity contribution in [1.29, 1.82) is 0 Å². The first-order valence-electron chi connectivity index (χ1n) is 5.10. The molecule has 16 heavy (non-hydrogen) atoms. The molecule has 0 aromatic heterocycles. The molecule has 1 aromatic rings. The van der Waals surface area contributed by atoms with Gasteiger partial charge in [-0.2, -0.15) is 0 Å². The first kappa shape index (κ1) is 11.5. The molecule has 0 saturated heterocycles. The van der Waals surface area contributed by atoms with Crippen molar-refractivity contribution in [3.8, 4) is 0 Å². The number of carbonyl (C=O) groups excluding carboxylic acids is 1. The maximum atomic E-state index is 11.4. The van der Waals surface area contributed by atoms with Gasteiger partial charge in [-0.15, -0.1) is 0 Å². The second-order valence-corrected chi connectivity index (χ2v) is 4.53. The van der Waals surface area contributed by atoms with Crippen LogP contribution in [0.15, 0.2) is 30.0 Å².